The van der Waals surface area contributed by atoms with E-state index in [-0.39, 0.29) is 0 Å². The van der Waals surface area contributed by atoms with Crippen LogP contribution in [0.1, 0.15) is 5.69 Å². The van der Waals surface area contributed by atoms with E-state index >= 15 is 0 Å². The molecule has 0 spiro atoms. The number of pyridine rings is 1. The summed E-state index contributed by atoms with van der Waals surface area (Å²) in [6, 6.07) is 5.78. The molecule has 0 saturated heterocycles. The van der Waals surface area contributed by atoms with E-state index in [1.54, 1.807) is 6.34 Å². The van der Waals surface area contributed by atoms with Crippen molar-refractivity contribution in [3.63, 3.8) is 0 Å². The van der Waals surface area contributed by atoms with Gasteiger partial charge in [-0.1, -0.05) is 6.07 Å². The molecule has 1 aromatic rings. The molecule has 0 atom stereocenters. The summed E-state index contributed by atoms with van der Waals surface area (Å²) >= 11 is 0. The van der Waals surface area contributed by atoms with Gasteiger partial charge in [0, 0.05) is 19.8 Å². The van der Waals surface area contributed by atoms with Crippen molar-refractivity contribution in [2.45, 2.75) is 6.92 Å². The highest BCUT2D eigenvalue weighted by Crippen LogP contribution is 2.06. The minimum absolute atomic E-state index is 0.753. The summed E-state index contributed by atoms with van der Waals surface area (Å²) in [5.41, 5.74) is 0.989. The third-order valence-corrected chi connectivity index (χ3v) is 1.29. The molecule has 0 bridgehead atoms. The van der Waals surface area contributed by atoms with Crippen LogP contribution >= 0.6 is 0 Å². The van der Waals surface area contributed by atoms with Crippen LogP contribution in [0, 0.1) is 6.92 Å². The second-order valence-corrected chi connectivity index (χ2v) is 2.85. The first-order valence-electron chi connectivity index (χ1n) is 3.83. The first kappa shape index (κ1) is 8.71. The van der Waals surface area contributed by atoms with Crippen molar-refractivity contribution in [1.82, 2.24) is 9.88 Å². The molecule has 0 unspecified atom stereocenters. The highest BCUT2D eigenvalue weighted by atomic mass is 15.1. The molecule has 1 heterocycles. The predicted molar refractivity (Wildman–Crippen MR) is 50.8 cm³/mol. The number of nitrogens with zero attached hydrogens (tertiary/aromatic N) is 3. The molecule has 0 radical (unpaired) electrons. The third kappa shape index (κ3) is 2.70. The van der Waals surface area contributed by atoms with Crippen LogP contribution in [-0.2, 0) is 0 Å². The summed E-state index contributed by atoms with van der Waals surface area (Å²) < 4.78 is 0. The van der Waals surface area contributed by atoms with Crippen molar-refractivity contribution in [3.8, 4) is 0 Å². The Kier molecular flexibility index (Phi) is 2.80. The van der Waals surface area contributed by atoms with Crippen LogP contribution in [0.3, 0.4) is 0 Å². The zero-order valence-corrected chi connectivity index (χ0v) is 7.65. The van der Waals surface area contributed by atoms with Crippen molar-refractivity contribution in [1.29, 1.82) is 0 Å². The molecule has 64 valence electrons. The van der Waals surface area contributed by atoms with Gasteiger partial charge in [0.1, 0.15) is 0 Å². The predicted octanol–water partition coefficient (Wildman–Crippen LogP) is 1.61. The lowest BCUT2D eigenvalue weighted by Gasteiger charge is -2.01. The van der Waals surface area contributed by atoms with E-state index in [1.807, 2.05) is 44.1 Å². The van der Waals surface area contributed by atoms with Crippen molar-refractivity contribution in [3.05, 3.63) is 23.9 Å². The van der Waals surface area contributed by atoms with E-state index in [1.165, 1.54) is 0 Å². The van der Waals surface area contributed by atoms with Gasteiger partial charge >= 0.3 is 0 Å². The summed E-state index contributed by atoms with van der Waals surface area (Å²) in [4.78, 5) is 10.3. The lowest BCUT2D eigenvalue weighted by Crippen LogP contribution is -2.07. The summed E-state index contributed by atoms with van der Waals surface area (Å²) in [5, 5.41) is 0. The Morgan fingerprint density at radius 3 is 2.75 bits per heavy atom. The first-order chi connectivity index (χ1) is 5.68. The number of hydrogen-bond acceptors (Lipinski definition) is 2. The van der Waals surface area contributed by atoms with E-state index in [0.717, 1.165) is 11.5 Å². The standard InChI is InChI=1S/C9H13N3/c1-8-5-4-6-9(11-8)10-7-12(2)3/h4-7H,1-3H3. The number of rotatable bonds is 2. The van der Waals surface area contributed by atoms with Crippen molar-refractivity contribution < 1.29 is 0 Å². The topological polar surface area (TPSA) is 28.5 Å². The minimum atomic E-state index is 0.753. The number of aliphatic imine (C=N–C) groups is 1. The maximum atomic E-state index is 4.22. The van der Waals surface area contributed by atoms with Crippen LogP contribution in [-0.4, -0.2) is 30.3 Å². The second kappa shape index (κ2) is 3.85. The zero-order valence-electron chi connectivity index (χ0n) is 7.65. The smallest absolute Gasteiger partial charge is 0.153 e. The molecule has 0 aromatic carbocycles. The van der Waals surface area contributed by atoms with E-state index in [2.05, 4.69) is 9.98 Å². The summed E-state index contributed by atoms with van der Waals surface area (Å²) in [5.74, 6) is 0.753. The lowest BCUT2D eigenvalue weighted by molar-refractivity contribution is 0.643. The Hall–Kier alpha value is -1.38. The fourth-order valence-electron chi connectivity index (χ4n) is 0.775. The van der Waals surface area contributed by atoms with Crippen molar-refractivity contribution in [2.24, 2.45) is 4.99 Å². The van der Waals surface area contributed by atoms with Crippen LogP contribution in [0.2, 0.25) is 0 Å². The number of hydrogen-bond donors (Lipinski definition) is 0. The first-order valence-corrected chi connectivity index (χ1v) is 3.83. The Morgan fingerprint density at radius 2 is 2.17 bits per heavy atom. The normalized spacial score (nSPS) is 10.6. The number of aryl methyl sites for hydroxylation is 1. The molecule has 12 heavy (non-hydrogen) atoms. The van der Waals surface area contributed by atoms with Crippen LogP contribution in [0.25, 0.3) is 0 Å². The second-order valence-electron chi connectivity index (χ2n) is 2.85. The lowest BCUT2D eigenvalue weighted by atomic mass is 10.4. The average molecular weight is 163 g/mol. The molecular formula is C9H13N3. The van der Waals surface area contributed by atoms with Gasteiger partial charge < -0.3 is 4.90 Å². The van der Waals surface area contributed by atoms with E-state index in [4.69, 9.17) is 0 Å². The van der Waals surface area contributed by atoms with Gasteiger partial charge in [0.25, 0.3) is 0 Å². The Balaban J connectivity index is 2.76. The molecule has 0 N–H and O–H groups in total. The van der Waals surface area contributed by atoms with Crippen LogP contribution in [0.15, 0.2) is 23.2 Å². The third-order valence-electron chi connectivity index (χ3n) is 1.29. The fraction of sp³-hybridized carbons (Fsp3) is 0.333. The van der Waals surface area contributed by atoms with Gasteiger partial charge in [-0.05, 0) is 19.1 Å². The Bertz CT molecular complexity index is 279. The van der Waals surface area contributed by atoms with Crippen molar-refractivity contribution >= 4 is 12.2 Å². The molecule has 0 saturated carbocycles. The molecule has 0 aliphatic rings. The molecule has 1 aromatic heterocycles. The van der Waals surface area contributed by atoms with Gasteiger partial charge in [0.15, 0.2) is 5.82 Å². The molecule has 1 rings (SSSR count). The Labute approximate surface area is 72.8 Å². The molecule has 3 heteroatoms. The molecule has 0 amide bonds. The monoisotopic (exact) mass is 163 g/mol. The highest BCUT2D eigenvalue weighted by Gasteiger charge is 1.88. The van der Waals surface area contributed by atoms with Crippen LogP contribution < -0.4 is 0 Å². The van der Waals surface area contributed by atoms with Crippen LogP contribution in [0.4, 0.5) is 5.82 Å². The molecule has 0 aliphatic heterocycles. The van der Waals surface area contributed by atoms with Crippen molar-refractivity contribution in [2.75, 3.05) is 14.1 Å². The van der Waals surface area contributed by atoms with Gasteiger partial charge in [-0.2, -0.15) is 0 Å². The minimum Gasteiger partial charge on any atom is -0.369 e. The van der Waals surface area contributed by atoms with Gasteiger partial charge in [-0.3, -0.25) is 0 Å². The fourth-order valence-corrected chi connectivity index (χ4v) is 0.775. The van der Waals surface area contributed by atoms with E-state index < -0.39 is 0 Å². The average Bonchev–Trinajstić information content (AvgIpc) is 2.01. The zero-order chi connectivity index (χ0) is 8.97. The number of aromatic nitrogens is 1. The molecule has 0 aliphatic carbocycles. The van der Waals surface area contributed by atoms with Gasteiger partial charge in [0.05, 0.1) is 6.34 Å². The van der Waals surface area contributed by atoms with Gasteiger partial charge in [-0.25, -0.2) is 9.98 Å². The SMILES string of the molecule is Cc1cccc(N=CN(C)C)n1. The van der Waals surface area contributed by atoms with Gasteiger partial charge in [-0.15, -0.1) is 0 Å². The maximum Gasteiger partial charge on any atom is 0.153 e. The summed E-state index contributed by atoms with van der Waals surface area (Å²) in [6.45, 7) is 1.95. The van der Waals surface area contributed by atoms with Gasteiger partial charge in [0.2, 0.25) is 0 Å². The van der Waals surface area contributed by atoms with Crippen LogP contribution in [0.5, 0.6) is 0 Å². The largest absolute Gasteiger partial charge is 0.369 e. The molecule has 0 fully saturated rings. The van der Waals surface area contributed by atoms with E-state index in [9.17, 15) is 0 Å². The molecule has 3 nitrogen and oxygen atoms in total. The highest BCUT2D eigenvalue weighted by molar-refractivity contribution is 5.58. The maximum absolute atomic E-state index is 4.22. The van der Waals surface area contributed by atoms with E-state index in [0.29, 0.717) is 0 Å². The summed E-state index contributed by atoms with van der Waals surface area (Å²) in [7, 11) is 3.86. The summed E-state index contributed by atoms with van der Waals surface area (Å²) in [6.07, 6.45) is 1.74. The molecular weight excluding hydrogens is 150 g/mol. The quantitative estimate of drug-likeness (QED) is 0.489. The Morgan fingerprint density at radius 1 is 1.42 bits per heavy atom.